The number of nitrogens with zero attached hydrogens (tertiary/aromatic N) is 4. The number of carbonyl (C=O) groups excluding carboxylic acids is 1. The number of amides is 1. The molecule has 3 aromatic rings. The van der Waals surface area contributed by atoms with Gasteiger partial charge in [-0.2, -0.15) is 13.2 Å². The molecule has 1 N–H and O–H groups in total. The molecule has 0 fully saturated rings. The second-order valence-electron chi connectivity index (χ2n) is 7.31. The van der Waals surface area contributed by atoms with Gasteiger partial charge in [-0.3, -0.25) is 4.79 Å². The summed E-state index contributed by atoms with van der Waals surface area (Å²) in [6, 6.07) is 9.90. The Bertz CT molecular complexity index is 1070. The second kappa shape index (κ2) is 8.33. The fraction of sp³-hybridized carbons (Fsp3) is 0.273. The van der Waals surface area contributed by atoms with Crippen molar-refractivity contribution in [2.45, 2.75) is 32.1 Å². The smallest absolute Gasteiger partial charge is 0.359 e. The molecule has 0 spiro atoms. The van der Waals surface area contributed by atoms with Gasteiger partial charge in [0, 0.05) is 23.9 Å². The molecule has 1 aromatic carbocycles. The van der Waals surface area contributed by atoms with Gasteiger partial charge in [0.25, 0.3) is 0 Å². The number of benzene rings is 1. The highest BCUT2D eigenvalue weighted by Gasteiger charge is 2.31. The van der Waals surface area contributed by atoms with E-state index in [9.17, 15) is 18.0 Å². The van der Waals surface area contributed by atoms with Gasteiger partial charge >= 0.3 is 6.18 Å². The monoisotopic (exact) mass is 427 g/mol. The summed E-state index contributed by atoms with van der Waals surface area (Å²) >= 11 is 0. The van der Waals surface area contributed by atoms with Crippen LogP contribution in [0.15, 0.2) is 55.0 Å². The lowest BCUT2D eigenvalue weighted by atomic mass is 9.97. The molecule has 2 aromatic heterocycles. The van der Waals surface area contributed by atoms with E-state index in [1.165, 1.54) is 18.5 Å². The van der Waals surface area contributed by atoms with Crippen LogP contribution in [-0.4, -0.2) is 38.3 Å². The number of aromatic nitrogens is 3. The third kappa shape index (κ3) is 4.50. The number of rotatable bonds is 4. The molecule has 1 amide bonds. The van der Waals surface area contributed by atoms with Crippen molar-refractivity contribution in [1.29, 1.82) is 0 Å². The number of hydrogen-bond donors (Lipinski definition) is 1. The summed E-state index contributed by atoms with van der Waals surface area (Å²) in [6.07, 6.45) is -0.829. The number of fused-ring (bicyclic) bond motifs is 1. The van der Waals surface area contributed by atoms with Crippen molar-refractivity contribution >= 4 is 11.7 Å². The number of nitrogens with one attached hydrogen (secondary N) is 1. The minimum absolute atomic E-state index is 0.0778. The summed E-state index contributed by atoms with van der Waals surface area (Å²) < 4.78 is 38.5. The molecule has 3 heterocycles. The molecule has 9 heteroatoms. The zero-order chi connectivity index (χ0) is 22.0. The van der Waals surface area contributed by atoms with Crippen LogP contribution >= 0.6 is 0 Å². The fourth-order valence-corrected chi connectivity index (χ4v) is 3.61. The Labute approximate surface area is 177 Å². The van der Waals surface area contributed by atoms with Crippen molar-refractivity contribution in [3.63, 3.8) is 0 Å². The molecule has 1 aliphatic rings. The van der Waals surface area contributed by atoms with E-state index in [-0.39, 0.29) is 5.91 Å². The first-order valence-corrected chi connectivity index (χ1v) is 9.79. The first kappa shape index (κ1) is 20.8. The van der Waals surface area contributed by atoms with Gasteiger partial charge in [0.2, 0.25) is 5.91 Å². The van der Waals surface area contributed by atoms with Gasteiger partial charge in [-0.25, -0.2) is 15.0 Å². The minimum atomic E-state index is -4.38. The van der Waals surface area contributed by atoms with Crippen LogP contribution in [0.3, 0.4) is 0 Å². The molecule has 1 atom stereocenters. The number of pyridine rings is 1. The summed E-state index contributed by atoms with van der Waals surface area (Å²) in [7, 11) is 0. The van der Waals surface area contributed by atoms with Crippen molar-refractivity contribution in [1.82, 2.24) is 19.9 Å². The average molecular weight is 427 g/mol. The molecule has 0 saturated carbocycles. The van der Waals surface area contributed by atoms with Gasteiger partial charge in [-0.1, -0.05) is 18.2 Å². The van der Waals surface area contributed by atoms with Crippen molar-refractivity contribution in [2.75, 3.05) is 11.9 Å². The van der Waals surface area contributed by atoms with Crippen molar-refractivity contribution in [3.05, 3.63) is 71.8 Å². The summed E-state index contributed by atoms with van der Waals surface area (Å²) in [5.41, 5.74) is 2.05. The first-order valence-electron chi connectivity index (χ1n) is 9.79. The van der Waals surface area contributed by atoms with E-state index >= 15 is 0 Å². The maximum Gasteiger partial charge on any atom is 0.416 e. The maximum absolute atomic E-state index is 12.9. The van der Waals surface area contributed by atoms with Gasteiger partial charge in [0.05, 0.1) is 23.5 Å². The topological polar surface area (TPSA) is 71.0 Å². The number of alkyl halides is 3. The number of carbonyl (C=O) groups is 1. The Kier molecular flexibility index (Phi) is 5.58. The van der Waals surface area contributed by atoms with Crippen molar-refractivity contribution in [3.8, 4) is 11.3 Å². The van der Waals surface area contributed by atoms with E-state index in [1.807, 2.05) is 6.07 Å². The molecule has 6 nitrogen and oxygen atoms in total. The largest absolute Gasteiger partial charge is 0.416 e. The normalized spacial score (nSPS) is 14.6. The average Bonchev–Trinajstić information content (AvgIpc) is 2.78. The lowest BCUT2D eigenvalue weighted by Gasteiger charge is -2.31. The van der Waals surface area contributed by atoms with E-state index in [1.54, 1.807) is 30.2 Å². The van der Waals surface area contributed by atoms with Crippen LogP contribution in [-0.2, 0) is 23.9 Å². The molecular formula is C22H20F3N5O. The SMILES string of the molecule is C[C@@H](Nc1ccccn1)C(=O)N1CCc2c(ncnc2-c2ccc(C(F)(F)F)cc2)C1. The van der Waals surface area contributed by atoms with Crippen LogP contribution in [0.2, 0.25) is 0 Å². The predicted molar refractivity (Wildman–Crippen MR) is 109 cm³/mol. The van der Waals surface area contributed by atoms with Gasteiger partial charge < -0.3 is 10.2 Å². The number of halogens is 3. The van der Waals surface area contributed by atoms with E-state index in [2.05, 4.69) is 20.3 Å². The number of hydrogen-bond acceptors (Lipinski definition) is 5. The molecule has 160 valence electrons. The molecule has 1 aliphatic heterocycles. The van der Waals surface area contributed by atoms with E-state index in [4.69, 9.17) is 0 Å². The third-order valence-electron chi connectivity index (χ3n) is 5.20. The van der Waals surface area contributed by atoms with Crippen LogP contribution in [0, 0.1) is 0 Å². The number of anilines is 1. The Morgan fingerprint density at radius 1 is 1.10 bits per heavy atom. The van der Waals surface area contributed by atoms with Gasteiger partial charge in [0.15, 0.2) is 0 Å². The van der Waals surface area contributed by atoms with Gasteiger partial charge in [-0.05, 0) is 37.6 Å². The molecule has 4 rings (SSSR count). The quantitative estimate of drug-likeness (QED) is 0.683. The van der Waals surface area contributed by atoms with Gasteiger partial charge in [-0.15, -0.1) is 0 Å². The Morgan fingerprint density at radius 3 is 2.55 bits per heavy atom. The summed E-state index contributed by atoms with van der Waals surface area (Å²) in [5, 5.41) is 3.09. The lowest BCUT2D eigenvalue weighted by Crippen LogP contribution is -2.44. The predicted octanol–water partition coefficient (Wildman–Crippen LogP) is 3.94. The molecular weight excluding hydrogens is 407 g/mol. The molecule has 0 radical (unpaired) electrons. The highest BCUT2D eigenvalue weighted by Crippen LogP contribution is 2.32. The minimum Gasteiger partial charge on any atom is -0.359 e. The van der Waals surface area contributed by atoms with Crippen LogP contribution in [0.1, 0.15) is 23.7 Å². The van der Waals surface area contributed by atoms with Crippen LogP contribution in [0.25, 0.3) is 11.3 Å². The van der Waals surface area contributed by atoms with Crippen LogP contribution in [0.5, 0.6) is 0 Å². The first-order chi connectivity index (χ1) is 14.8. The molecule has 0 unspecified atom stereocenters. The lowest BCUT2D eigenvalue weighted by molar-refractivity contribution is -0.137. The summed E-state index contributed by atoms with van der Waals surface area (Å²) in [5.74, 6) is 0.540. The Balaban J connectivity index is 1.51. The zero-order valence-corrected chi connectivity index (χ0v) is 16.7. The summed E-state index contributed by atoms with van der Waals surface area (Å²) in [6.45, 7) is 2.57. The fourth-order valence-electron chi connectivity index (χ4n) is 3.61. The highest BCUT2D eigenvalue weighted by atomic mass is 19.4. The molecule has 0 bridgehead atoms. The van der Waals surface area contributed by atoms with Crippen LogP contribution in [0.4, 0.5) is 19.0 Å². The van der Waals surface area contributed by atoms with E-state index < -0.39 is 17.8 Å². The maximum atomic E-state index is 12.9. The highest BCUT2D eigenvalue weighted by molar-refractivity contribution is 5.84. The molecule has 0 aliphatic carbocycles. The van der Waals surface area contributed by atoms with Crippen molar-refractivity contribution < 1.29 is 18.0 Å². The van der Waals surface area contributed by atoms with E-state index in [0.29, 0.717) is 42.3 Å². The van der Waals surface area contributed by atoms with Crippen molar-refractivity contribution in [2.24, 2.45) is 0 Å². The Morgan fingerprint density at radius 2 is 1.87 bits per heavy atom. The summed E-state index contributed by atoms with van der Waals surface area (Å²) in [4.78, 5) is 27.4. The second-order valence-corrected chi connectivity index (χ2v) is 7.31. The van der Waals surface area contributed by atoms with Gasteiger partial charge in [0.1, 0.15) is 18.2 Å². The standard InChI is InChI=1S/C22H20F3N5O/c1-14(29-19-4-2-3-10-26-19)21(31)30-11-9-17-18(12-30)27-13-28-20(17)15-5-7-16(8-6-15)22(23,24)25/h2-8,10,13-14H,9,11-12H2,1H3,(H,26,29)/t14-/m1/s1. The van der Waals surface area contributed by atoms with Crippen LogP contribution < -0.4 is 5.32 Å². The van der Waals surface area contributed by atoms with E-state index in [0.717, 1.165) is 17.7 Å². The molecule has 0 saturated heterocycles. The Hall–Kier alpha value is -3.49. The zero-order valence-electron chi connectivity index (χ0n) is 16.7. The third-order valence-corrected chi connectivity index (χ3v) is 5.20. The molecule has 31 heavy (non-hydrogen) atoms.